The molecule has 1 unspecified atom stereocenters. The molecule has 19 heavy (non-hydrogen) atoms. The number of tetrazole rings is 1. The molecule has 102 valence electrons. The highest BCUT2D eigenvalue weighted by Crippen LogP contribution is 2.13. The Kier molecular flexibility index (Phi) is 4.47. The SMILES string of the molecule is Cl.NC1CCN(Cc2nnnn2-c2ccccc2)C1. The van der Waals surface area contributed by atoms with Gasteiger partial charge in [0.2, 0.25) is 0 Å². The average molecular weight is 281 g/mol. The lowest BCUT2D eigenvalue weighted by Gasteiger charge is -2.14. The van der Waals surface area contributed by atoms with Crippen LogP contribution in [0.5, 0.6) is 0 Å². The molecular weight excluding hydrogens is 264 g/mol. The fourth-order valence-electron chi connectivity index (χ4n) is 2.28. The fraction of sp³-hybridized carbons (Fsp3) is 0.417. The molecule has 6 nitrogen and oxygen atoms in total. The predicted molar refractivity (Wildman–Crippen MR) is 74.3 cm³/mol. The van der Waals surface area contributed by atoms with E-state index in [0.29, 0.717) is 0 Å². The van der Waals surface area contributed by atoms with Crippen LogP contribution in [-0.2, 0) is 6.54 Å². The first-order valence-electron chi connectivity index (χ1n) is 6.13. The standard InChI is InChI=1S/C12H16N6.ClH/c13-10-6-7-17(8-10)9-12-14-15-16-18(12)11-4-2-1-3-5-11;/h1-5,10H,6-9,13H2;1H. The van der Waals surface area contributed by atoms with Crippen LogP contribution in [0, 0.1) is 0 Å². The molecule has 3 rings (SSSR count). The molecule has 2 N–H and O–H groups in total. The number of nitrogens with two attached hydrogens (primary N) is 1. The van der Waals surface area contributed by atoms with Gasteiger partial charge in [0.15, 0.2) is 5.82 Å². The minimum Gasteiger partial charge on any atom is -0.326 e. The summed E-state index contributed by atoms with van der Waals surface area (Å²) in [5, 5.41) is 11.9. The molecular formula is C12H17ClN6. The molecule has 7 heteroatoms. The monoisotopic (exact) mass is 280 g/mol. The third-order valence-electron chi connectivity index (χ3n) is 3.21. The summed E-state index contributed by atoms with van der Waals surface area (Å²) in [5.41, 5.74) is 6.89. The summed E-state index contributed by atoms with van der Waals surface area (Å²) in [5.74, 6) is 0.857. The molecule has 1 saturated heterocycles. The van der Waals surface area contributed by atoms with Gasteiger partial charge in [-0.3, -0.25) is 4.90 Å². The molecule has 2 aromatic rings. The summed E-state index contributed by atoms with van der Waals surface area (Å²) in [4.78, 5) is 2.29. The number of aromatic nitrogens is 4. The number of hydrogen-bond acceptors (Lipinski definition) is 5. The van der Waals surface area contributed by atoms with E-state index in [1.54, 1.807) is 4.68 Å². The highest BCUT2D eigenvalue weighted by molar-refractivity contribution is 5.85. The minimum atomic E-state index is 0. The van der Waals surface area contributed by atoms with E-state index in [1.165, 1.54) is 0 Å². The fourth-order valence-corrected chi connectivity index (χ4v) is 2.28. The summed E-state index contributed by atoms with van der Waals surface area (Å²) in [6.45, 7) is 2.68. The number of hydrogen-bond donors (Lipinski definition) is 1. The van der Waals surface area contributed by atoms with Crippen LogP contribution in [0.2, 0.25) is 0 Å². The van der Waals surface area contributed by atoms with E-state index in [-0.39, 0.29) is 18.4 Å². The molecule has 0 aliphatic carbocycles. The maximum Gasteiger partial charge on any atom is 0.170 e. The van der Waals surface area contributed by atoms with Crippen molar-refractivity contribution in [3.63, 3.8) is 0 Å². The second-order valence-electron chi connectivity index (χ2n) is 4.63. The van der Waals surface area contributed by atoms with Crippen molar-refractivity contribution in [2.24, 2.45) is 5.73 Å². The van der Waals surface area contributed by atoms with Crippen molar-refractivity contribution >= 4 is 12.4 Å². The third kappa shape index (κ3) is 3.09. The van der Waals surface area contributed by atoms with E-state index in [1.807, 2.05) is 30.3 Å². The first-order valence-corrected chi connectivity index (χ1v) is 6.13. The zero-order valence-electron chi connectivity index (χ0n) is 10.5. The normalized spacial score (nSPS) is 19.3. The predicted octanol–water partition coefficient (Wildman–Crippen LogP) is 0.617. The average Bonchev–Trinajstić information content (AvgIpc) is 3.00. The van der Waals surface area contributed by atoms with Crippen LogP contribution in [0.3, 0.4) is 0 Å². The van der Waals surface area contributed by atoms with Crippen LogP contribution < -0.4 is 5.73 Å². The number of likely N-dealkylation sites (tertiary alicyclic amines) is 1. The van der Waals surface area contributed by atoms with Gasteiger partial charge in [0.1, 0.15) is 0 Å². The number of rotatable bonds is 3. The molecule has 1 aromatic heterocycles. The first kappa shape index (κ1) is 13.9. The van der Waals surface area contributed by atoms with Crippen molar-refractivity contribution in [2.45, 2.75) is 19.0 Å². The molecule has 1 aliphatic rings. The summed E-state index contributed by atoms with van der Waals surface area (Å²) in [6.07, 6.45) is 1.05. The van der Waals surface area contributed by atoms with Crippen LogP contribution in [0.25, 0.3) is 5.69 Å². The van der Waals surface area contributed by atoms with Crippen LogP contribution >= 0.6 is 12.4 Å². The van der Waals surface area contributed by atoms with Gasteiger partial charge in [-0.05, 0) is 29.0 Å². The zero-order valence-corrected chi connectivity index (χ0v) is 11.3. The molecule has 2 heterocycles. The van der Waals surface area contributed by atoms with Crippen molar-refractivity contribution in [3.8, 4) is 5.69 Å². The Morgan fingerprint density at radius 2 is 2.05 bits per heavy atom. The number of halogens is 1. The number of nitrogens with zero attached hydrogens (tertiary/aromatic N) is 5. The van der Waals surface area contributed by atoms with Crippen LogP contribution in [0.4, 0.5) is 0 Å². The van der Waals surface area contributed by atoms with Gasteiger partial charge >= 0.3 is 0 Å². The van der Waals surface area contributed by atoms with Gasteiger partial charge in [-0.1, -0.05) is 18.2 Å². The van der Waals surface area contributed by atoms with Gasteiger partial charge in [0.05, 0.1) is 12.2 Å². The smallest absolute Gasteiger partial charge is 0.170 e. The van der Waals surface area contributed by atoms with E-state index in [0.717, 1.165) is 37.6 Å². The Morgan fingerprint density at radius 3 is 2.74 bits per heavy atom. The second-order valence-corrected chi connectivity index (χ2v) is 4.63. The Labute approximate surface area is 118 Å². The van der Waals surface area contributed by atoms with Gasteiger partial charge < -0.3 is 5.73 Å². The molecule has 0 bridgehead atoms. The Bertz CT molecular complexity index is 514. The van der Waals surface area contributed by atoms with Crippen molar-refractivity contribution < 1.29 is 0 Å². The van der Waals surface area contributed by atoms with Gasteiger partial charge in [0.25, 0.3) is 0 Å². The van der Waals surface area contributed by atoms with Crippen molar-refractivity contribution in [3.05, 3.63) is 36.2 Å². The summed E-state index contributed by atoms with van der Waals surface area (Å²) < 4.78 is 1.78. The van der Waals surface area contributed by atoms with Crippen molar-refractivity contribution in [2.75, 3.05) is 13.1 Å². The Hall–Kier alpha value is -1.50. The lowest BCUT2D eigenvalue weighted by atomic mass is 10.3. The van der Waals surface area contributed by atoms with E-state index in [2.05, 4.69) is 20.4 Å². The number of para-hydroxylation sites is 1. The van der Waals surface area contributed by atoms with Crippen LogP contribution in [0.15, 0.2) is 30.3 Å². The Morgan fingerprint density at radius 1 is 1.26 bits per heavy atom. The quantitative estimate of drug-likeness (QED) is 0.892. The third-order valence-corrected chi connectivity index (χ3v) is 3.21. The summed E-state index contributed by atoms with van der Waals surface area (Å²) in [7, 11) is 0. The molecule has 1 aromatic carbocycles. The highest BCUT2D eigenvalue weighted by Gasteiger charge is 2.21. The topological polar surface area (TPSA) is 72.9 Å². The summed E-state index contributed by atoms with van der Waals surface area (Å²) in [6, 6.07) is 10.2. The maximum absolute atomic E-state index is 5.90. The van der Waals surface area contributed by atoms with Gasteiger partial charge in [-0.25, -0.2) is 0 Å². The van der Waals surface area contributed by atoms with Crippen molar-refractivity contribution in [1.29, 1.82) is 0 Å². The van der Waals surface area contributed by atoms with Crippen LogP contribution in [0.1, 0.15) is 12.2 Å². The van der Waals surface area contributed by atoms with Gasteiger partial charge in [-0.15, -0.1) is 17.5 Å². The lowest BCUT2D eigenvalue weighted by Crippen LogP contribution is -2.27. The van der Waals surface area contributed by atoms with E-state index in [4.69, 9.17) is 5.73 Å². The van der Waals surface area contributed by atoms with E-state index >= 15 is 0 Å². The highest BCUT2D eigenvalue weighted by atomic mass is 35.5. The molecule has 0 amide bonds. The molecule has 0 radical (unpaired) electrons. The van der Waals surface area contributed by atoms with E-state index < -0.39 is 0 Å². The van der Waals surface area contributed by atoms with E-state index in [9.17, 15) is 0 Å². The lowest BCUT2D eigenvalue weighted by molar-refractivity contribution is 0.315. The number of benzene rings is 1. The molecule has 0 spiro atoms. The molecule has 1 aliphatic heterocycles. The van der Waals surface area contributed by atoms with Gasteiger partial charge in [0, 0.05) is 19.1 Å². The van der Waals surface area contributed by atoms with Crippen LogP contribution in [-0.4, -0.2) is 44.2 Å². The second kappa shape index (κ2) is 6.10. The first-order chi connectivity index (χ1) is 8.83. The minimum absolute atomic E-state index is 0. The zero-order chi connectivity index (χ0) is 12.4. The molecule has 0 saturated carbocycles. The Balaban J connectivity index is 0.00000133. The largest absolute Gasteiger partial charge is 0.326 e. The molecule has 1 atom stereocenters. The maximum atomic E-state index is 5.90. The van der Waals surface area contributed by atoms with Gasteiger partial charge in [-0.2, -0.15) is 4.68 Å². The van der Waals surface area contributed by atoms with Crippen molar-refractivity contribution in [1.82, 2.24) is 25.1 Å². The molecule has 1 fully saturated rings. The summed E-state index contributed by atoms with van der Waals surface area (Å²) >= 11 is 0.